The standard InChI is InChI=1S/C13H18N2O/c14-9-13(16)12-7-4-8-15(12)10-11-5-2-1-3-6-11/h1-3,5-6,12H,4,7-10,14H2. The fraction of sp³-hybridized carbons (Fsp3) is 0.462. The van der Waals surface area contributed by atoms with Gasteiger partial charge in [-0.25, -0.2) is 0 Å². The fourth-order valence-corrected chi connectivity index (χ4v) is 2.33. The van der Waals surface area contributed by atoms with Gasteiger partial charge in [0.25, 0.3) is 0 Å². The molecule has 1 saturated heterocycles. The van der Waals surface area contributed by atoms with Gasteiger partial charge in [-0.2, -0.15) is 0 Å². The average molecular weight is 218 g/mol. The van der Waals surface area contributed by atoms with Crippen molar-refractivity contribution in [1.29, 1.82) is 0 Å². The summed E-state index contributed by atoms with van der Waals surface area (Å²) in [4.78, 5) is 13.9. The van der Waals surface area contributed by atoms with Crippen molar-refractivity contribution in [3.05, 3.63) is 35.9 Å². The third kappa shape index (κ3) is 2.49. The summed E-state index contributed by atoms with van der Waals surface area (Å²) in [7, 11) is 0. The van der Waals surface area contributed by atoms with Gasteiger partial charge in [-0.15, -0.1) is 0 Å². The number of carbonyl (C=O) groups is 1. The number of hydrogen-bond acceptors (Lipinski definition) is 3. The Hall–Kier alpha value is -1.19. The van der Waals surface area contributed by atoms with Gasteiger partial charge in [-0.3, -0.25) is 9.69 Å². The number of likely N-dealkylation sites (tertiary alicyclic amines) is 1. The zero-order valence-corrected chi connectivity index (χ0v) is 9.43. The molecule has 1 aliphatic rings. The van der Waals surface area contributed by atoms with E-state index in [1.807, 2.05) is 18.2 Å². The highest BCUT2D eigenvalue weighted by Crippen LogP contribution is 2.20. The number of nitrogens with two attached hydrogens (primary N) is 1. The van der Waals surface area contributed by atoms with Crippen LogP contribution in [0.5, 0.6) is 0 Å². The lowest BCUT2D eigenvalue weighted by atomic mass is 10.1. The van der Waals surface area contributed by atoms with E-state index in [1.165, 1.54) is 5.56 Å². The van der Waals surface area contributed by atoms with Crippen molar-refractivity contribution in [3.8, 4) is 0 Å². The van der Waals surface area contributed by atoms with E-state index in [4.69, 9.17) is 5.73 Å². The van der Waals surface area contributed by atoms with Crippen molar-refractivity contribution >= 4 is 5.78 Å². The van der Waals surface area contributed by atoms with Crippen molar-refractivity contribution in [2.45, 2.75) is 25.4 Å². The molecule has 2 rings (SSSR count). The number of rotatable bonds is 4. The summed E-state index contributed by atoms with van der Waals surface area (Å²) in [6.45, 7) is 2.03. The van der Waals surface area contributed by atoms with Gasteiger partial charge in [0.1, 0.15) is 0 Å². The Kier molecular flexibility index (Phi) is 3.70. The van der Waals surface area contributed by atoms with Crippen LogP contribution in [0.1, 0.15) is 18.4 Å². The molecule has 1 fully saturated rings. The molecule has 0 radical (unpaired) electrons. The molecule has 2 N–H and O–H groups in total. The summed E-state index contributed by atoms with van der Waals surface area (Å²) in [5.41, 5.74) is 6.69. The van der Waals surface area contributed by atoms with Crippen molar-refractivity contribution in [1.82, 2.24) is 4.90 Å². The quantitative estimate of drug-likeness (QED) is 0.825. The molecule has 16 heavy (non-hydrogen) atoms. The van der Waals surface area contributed by atoms with Gasteiger partial charge in [-0.1, -0.05) is 30.3 Å². The molecule has 1 unspecified atom stereocenters. The van der Waals surface area contributed by atoms with Crippen LogP contribution < -0.4 is 5.73 Å². The minimum Gasteiger partial charge on any atom is -0.324 e. The summed E-state index contributed by atoms with van der Waals surface area (Å²) >= 11 is 0. The minimum absolute atomic E-state index is 0.0465. The molecule has 0 aliphatic carbocycles. The summed E-state index contributed by atoms with van der Waals surface area (Å²) in [5, 5.41) is 0. The highest BCUT2D eigenvalue weighted by molar-refractivity contribution is 5.85. The summed E-state index contributed by atoms with van der Waals surface area (Å²) < 4.78 is 0. The molecule has 0 bridgehead atoms. The Morgan fingerprint density at radius 1 is 1.38 bits per heavy atom. The zero-order chi connectivity index (χ0) is 11.4. The molecular weight excluding hydrogens is 200 g/mol. The molecule has 1 heterocycles. The molecule has 0 amide bonds. The van der Waals surface area contributed by atoms with Crippen LogP contribution in [-0.4, -0.2) is 29.8 Å². The second kappa shape index (κ2) is 5.23. The van der Waals surface area contributed by atoms with Gasteiger partial charge in [-0.05, 0) is 24.9 Å². The Morgan fingerprint density at radius 2 is 2.12 bits per heavy atom. The maximum atomic E-state index is 11.6. The number of Topliss-reactive ketones (excluding diaryl/α,β-unsaturated/α-hetero) is 1. The van der Waals surface area contributed by atoms with Crippen LogP contribution in [0.15, 0.2) is 30.3 Å². The molecule has 3 nitrogen and oxygen atoms in total. The molecule has 1 aromatic rings. The molecule has 0 saturated carbocycles. The topological polar surface area (TPSA) is 46.3 Å². The van der Waals surface area contributed by atoms with Crippen LogP contribution in [0.3, 0.4) is 0 Å². The van der Waals surface area contributed by atoms with Gasteiger partial charge >= 0.3 is 0 Å². The van der Waals surface area contributed by atoms with Crippen molar-refractivity contribution in [2.24, 2.45) is 5.73 Å². The van der Waals surface area contributed by atoms with E-state index in [9.17, 15) is 4.79 Å². The Balaban J connectivity index is 2.01. The second-order valence-electron chi connectivity index (χ2n) is 4.28. The second-order valence-corrected chi connectivity index (χ2v) is 4.28. The minimum atomic E-state index is 0.0465. The predicted molar refractivity (Wildman–Crippen MR) is 63.9 cm³/mol. The average Bonchev–Trinajstić information content (AvgIpc) is 2.77. The third-order valence-electron chi connectivity index (χ3n) is 3.16. The predicted octanol–water partition coefficient (Wildman–Crippen LogP) is 1.18. The number of benzene rings is 1. The maximum absolute atomic E-state index is 11.6. The molecule has 0 spiro atoms. The molecule has 1 aromatic carbocycles. The first-order chi connectivity index (χ1) is 7.81. The van der Waals surface area contributed by atoms with Crippen LogP contribution in [0.2, 0.25) is 0 Å². The number of carbonyl (C=O) groups excluding carboxylic acids is 1. The lowest BCUT2D eigenvalue weighted by molar-refractivity contribution is -0.122. The molecule has 1 atom stereocenters. The summed E-state index contributed by atoms with van der Waals surface area (Å²) in [5.74, 6) is 0.174. The Morgan fingerprint density at radius 3 is 2.81 bits per heavy atom. The monoisotopic (exact) mass is 218 g/mol. The van der Waals surface area contributed by atoms with Crippen LogP contribution in [-0.2, 0) is 11.3 Å². The first kappa shape index (κ1) is 11.3. The molecule has 3 heteroatoms. The van der Waals surface area contributed by atoms with Crippen molar-refractivity contribution < 1.29 is 4.79 Å². The molecule has 0 aromatic heterocycles. The Bertz CT molecular complexity index is 350. The fourth-order valence-electron chi connectivity index (χ4n) is 2.33. The largest absolute Gasteiger partial charge is 0.324 e. The van der Waals surface area contributed by atoms with Crippen molar-refractivity contribution in [3.63, 3.8) is 0 Å². The van der Waals surface area contributed by atoms with E-state index in [1.54, 1.807) is 0 Å². The molecule has 1 aliphatic heterocycles. The van der Waals surface area contributed by atoms with Crippen LogP contribution in [0, 0.1) is 0 Å². The smallest absolute Gasteiger partial charge is 0.163 e. The number of hydrogen-bond donors (Lipinski definition) is 1. The Labute approximate surface area is 96.2 Å². The lowest BCUT2D eigenvalue weighted by Crippen LogP contribution is -2.38. The number of nitrogens with zero attached hydrogens (tertiary/aromatic N) is 1. The van der Waals surface area contributed by atoms with Gasteiger partial charge in [0, 0.05) is 6.54 Å². The van der Waals surface area contributed by atoms with Crippen LogP contribution >= 0.6 is 0 Å². The van der Waals surface area contributed by atoms with Gasteiger partial charge in [0.05, 0.1) is 12.6 Å². The normalized spacial score (nSPS) is 21.2. The third-order valence-corrected chi connectivity index (χ3v) is 3.16. The van der Waals surface area contributed by atoms with Gasteiger partial charge in [0.15, 0.2) is 5.78 Å². The van der Waals surface area contributed by atoms with E-state index in [0.29, 0.717) is 0 Å². The molecular formula is C13H18N2O. The van der Waals surface area contributed by atoms with Gasteiger partial charge in [0.2, 0.25) is 0 Å². The summed E-state index contributed by atoms with van der Waals surface area (Å²) in [6, 6.07) is 10.3. The van der Waals surface area contributed by atoms with Crippen molar-refractivity contribution in [2.75, 3.05) is 13.1 Å². The van der Waals surface area contributed by atoms with E-state index >= 15 is 0 Å². The van der Waals surface area contributed by atoms with E-state index < -0.39 is 0 Å². The maximum Gasteiger partial charge on any atom is 0.163 e. The first-order valence-electron chi connectivity index (χ1n) is 5.82. The highest BCUT2D eigenvalue weighted by Gasteiger charge is 2.29. The van der Waals surface area contributed by atoms with Crippen LogP contribution in [0.4, 0.5) is 0 Å². The van der Waals surface area contributed by atoms with E-state index in [0.717, 1.165) is 25.9 Å². The highest BCUT2D eigenvalue weighted by atomic mass is 16.1. The summed E-state index contributed by atoms with van der Waals surface area (Å²) in [6.07, 6.45) is 2.06. The lowest BCUT2D eigenvalue weighted by Gasteiger charge is -2.22. The first-order valence-corrected chi connectivity index (χ1v) is 5.82. The SMILES string of the molecule is NCC(=O)C1CCCN1Cc1ccccc1. The van der Waals surface area contributed by atoms with E-state index in [-0.39, 0.29) is 18.4 Å². The zero-order valence-electron chi connectivity index (χ0n) is 9.43. The number of ketones is 1. The molecule has 86 valence electrons. The van der Waals surface area contributed by atoms with Crippen LogP contribution in [0.25, 0.3) is 0 Å². The van der Waals surface area contributed by atoms with Gasteiger partial charge < -0.3 is 5.73 Å². The van der Waals surface area contributed by atoms with E-state index in [2.05, 4.69) is 17.0 Å².